The second kappa shape index (κ2) is 8.23. The minimum absolute atomic E-state index is 0.169. The molecule has 0 fully saturated rings. The van der Waals surface area contributed by atoms with Gasteiger partial charge in [0, 0.05) is 24.8 Å². The number of nitrogens with zero attached hydrogens (tertiary/aromatic N) is 2. The van der Waals surface area contributed by atoms with Crippen molar-refractivity contribution < 1.29 is 14.0 Å². The molecule has 3 aromatic rings. The quantitative estimate of drug-likeness (QED) is 0.733. The second-order valence-electron chi connectivity index (χ2n) is 6.43. The molecular weight excluding hydrogens is 354 g/mol. The molecule has 0 bridgehead atoms. The van der Waals surface area contributed by atoms with E-state index in [1.807, 2.05) is 19.1 Å². The van der Waals surface area contributed by atoms with Crippen LogP contribution >= 0.6 is 0 Å². The lowest BCUT2D eigenvalue weighted by Crippen LogP contribution is -2.26. The molecule has 0 saturated heterocycles. The normalized spacial score (nSPS) is 10.2. The number of nitrogens with one attached hydrogen (secondary N) is 1. The number of hydrogen-bond donors (Lipinski definition) is 1. The summed E-state index contributed by atoms with van der Waals surface area (Å²) in [5.41, 5.74) is 3.36. The Labute approximate surface area is 163 Å². The van der Waals surface area contributed by atoms with Gasteiger partial charge in [-0.2, -0.15) is 5.26 Å². The van der Waals surface area contributed by atoms with E-state index >= 15 is 0 Å². The maximum Gasteiger partial charge on any atom is 0.291 e. The molecule has 0 unspecified atom stereocenters. The predicted octanol–water partition coefficient (Wildman–Crippen LogP) is 3.98. The summed E-state index contributed by atoms with van der Waals surface area (Å²) in [7, 11) is 1.71. The minimum atomic E-state index is -0.372. The molecular formula is C22H19N3O3. The number of anilines is 1. The van der Waals surface area contributed by atoms with Crippen LogP contribution in [0.15, 0.2) is 65.3 Å². The Morgan fingerprint density at radius 1 is 1.14 bits per heavy atom. The molecule has 0 atom stereocenters. The highest BCUT2D eigenvalue weighted by molar-refractivity contribution is 6.03. The lowest BCUT2D eigenvalue weighted by Gasteiger charge is -2.18. The van der Waals surface area contributed by atoms with Gasteiger partial charge in [0.2, 0.25) is 0 Å². The van der Waals surface area contributed by atoms with Crippen LogP contribution in [0.3, 0.4) is 0 Å². The number of rotatable bonds is 5. The molecule has 2 amide bonds. The fourth-order valence-corrected chi connectivity index (χ4v) is 2.73. The molecule has 28 heavy (non-hydrogen) atoms. The molecule has 1 N–H and O–H groups in total. The van der Waals surface area contributed by atoms with Gasteiger partial charge in [-0.05, 0) is 54.4 Å². The van der Waals surface area contributed by atoms with Crippen LogP contribution in [-0.2, 0) is 6.54 Å². The van der Waals surface area contributed by atoms with Crippen molar-refractivity contribution in [3.63, 3.8) is 0 Å². The van der Waals surface area contributed by atoms with E-state index in [9.17, 15) is 9.59 Å². The molecule has 6 nitrogen and oxygen atoms in total. The van der Waals surface area contributed by atoms with Crippen LogP contribution < -0.4 is 5.32 Å². The van der Waals surface area contributed by atoms with Gasteiger partial charge < -0.3 is 14.6 Å². The van der Waals surface area contributed by atoms with Gasteiger partial charge in [0.05, 0.1) is 17.9 Å². The predicted molar refractivity (Wildman–Crippen MR) is 105 cm³/mol. The Kier molecular flexibility index (Phi) is 5.56. The van der Waals surface area contributed by atoms with Crippen molar-refractivity contribution in [1.82, 2.24) is 4.90 Å². The van der Waals surface area contributed by atoms with Crippen LogP contribution in [0.25, 0.3) is 0 Å². The molecule has 140 valence electrons. The third-order valence-electron chi connectivity index (χ3n) is 4.33. The summed E-state index contributed by atoms with van der Waals surface area (Å²) < 4.78 is 5.10. The number of benzene rings is 2. The molecule has 6 heteroatoms. The van der Waals surface area contributed by atoms with E-state index in [2.05, 4.69) is 11.4 Å². The molecule has 0 aliphatic heterocycles. The first kappa shape index (κ1) is 18.9. The Hall–Kier alpha value is -3.85. The standard InChI is InChI=1S/C22H19N3O3/c1-15-5-10-18(12-19(15)24-21(26)20-4-3-11-28-20)22(27)25(2)14-17-8-6-16(13-23)7-9-17/h3-12H,14H2,1-2H3,(H,24,26). The van der Waals surface area contributed by atoms with Crippen LogP contribution in [0.1, 0.15) is 37.6 Å². The Bertz CT molecular complexity index is 1030. The van der Waals surface area contributed by atoms with E-state index in [4.69, 9.17) is 9.68 Å². The topological polar surface area (TPSA) is 86.3 Å². The molecule has 3 rings (SSSR count). The van der Waals surface area contributed by atoms with Crippen molar-refractivity contribution in [3.8, 4) is 6.07 Å². The van der Waals surface area contributed by atoms with Gasteiger partial charge in [0.1, 0.15) is 0 Å². The first-order valence-corrected chi connectivity index (χ1v) is 8.68. The Morgan fingerprint density at radius 3 is 2.54 bits per heavy atom. The summed E-state index contributed by atoms with van der Waals surface area (Å²) in [6.07, 6.45) is 1.43. The van der Waals surface area contributed by atoms with Gasteiger partial charge >= 0.3 is 0 Å². The van der Waals surface area contributed by atoms with Crippen LogP contribution in [0.2, 0.25) is 0 Å². The number of carbonyl (C=O) groups is 2. The first-order chi connectivity index (χ1) is 13.5. The van der Waals surface area contributed by atoms with Gasteiger partial charge in [-0.15, -0.1) is 0 Å². The highest BCUT2D eigenvalue weighted by Gasteiger charge is 2.16. The first-order valence-electron chi connectivity index (χ1n) is 8.68. The molecule has 0 spiro atoms. The zero-order valence-electron chi connectivity index (χ0n) is 15.6. The van der Waals surface area contributed by atoms with E-state index < -0.39 is 0 Å². The summed E-state index contributed by atoms with van der Waals surface area (Å²) in [5.74, 6) is -0.337. The second-order valence-corrected chi connectivity index (χ2v) is 6.43. The highest BCUT2D eigenvalue weighted by atomic mass is 16.3. The van der Waals surface area contributed by atoms with Gasteiger partial charge in [0.15, 0.2) is 5.76 Å². The van der Waals surface area contributed by atoms with Crippen LogP contribution in [-0.4, -0.2) is 23.8 Å². The fraction of sp³-hybridized carbons (Fsp3) is 0.136. The number of amides is 2. The molecule has 0 radical (unpaired) electrons. The largest absolute Gasteiger partial charge is 0.459 e. The van der Waals surface area contributed by atoms with Crippen molar-refractivity contribution in [3.05, 3.63) is 88.9 Å². The van der Waals surface area contributed by atoms with Gasteiger partial charge in [-0.3, -0.25) is 9.59 Å². The number of nitriles is 1. The lowest BCUT2D eigenvalue weighted by atomic mass is 10.1. The van der Waals surface area contributed by atoms with Crippen molar-refractivity contribution in [2.75, 3.05) is 12.4 Å². The number of hydrogen-bond acceptors (Lipinski definition) is 4. The molecule has 1 heterocycles. The molecule has 0 saturated carbocycles. The van der Waals surface area contributed by atoms with E-state index in [0.29, 0.717) is 23.4 Å². The highest BCUT2D eigenvalue weighted by Crippen LogP contribution is 2.20. The summed E-state index contributed by atoms with van der Waals surface area (Å²) in [6.45, 7) is 2.26. The van der Waals surface area contributed by atoms with Crippen LogP contribution in [0, 0.1) is 18.3 Å². The van der Waals surface area contributed by atoms with Crippen molar-refractivity contribution in [2.45, 2.75) is 13.5 Å². The van der Waals surface area contributed by atoms with Crippen LogP contribution in [0.4, 0.5) is 5.69 Å². The SMILES string of the molecule is Cc1ccc(C(=O)N(C)Cc2ccc(C#N)cc2)cc1NC(=O)c1ccco1. The monoisotopic (exact) mass is 373 g/mol. The third kappa shape index (κ3) is 4.27. The number of carbonyl (C=O) groups excluding carboxylic acids is 2. The maximum absolute atomic E-state index is 12.8. The summed E-state index contributed by atoms with van der Waals surface area (Å²) in [5, 5.41) is 11.6. The van der Waals surface area contributed by atoms with E-state index in [-0.39, 0.29) is 17.6 Å². The summed E-state index contributed by atoms with van der Waals surface area (Å²) in [6, 6.07) is 17.6. The summed E-state index contributed by atoms with van der Waals surface area (Å²) in [4.78, 5) is 26.6. The maximum atomic E-state index is 12.8. The van der Waals surface area contributed by atoms with E-state index in [1.165, 1.54) is 6.26 Å². The van der Waals surface area contributed by atoms with Gasteiger partial charge in [0.25, 0.3) is 11.8 Å². The fourth-order valence-electron chi connectivity index (χ4n) is 2.73. The molecule has 0 aliphatic rings. The summed E-state index contributed by atoms with van der Waals surface area (Å²) >= 11 is 0. The van der Waals surface area contributed by atoms with Gasteiger partial charge in [-0.25, -0.2) is 0 Å². The van der Waals surface area contributed by atoms with Crippen LogP contribution in [0.5, 0.6) is 0 Å². The third-order valence-corrected chi connectivity index (χ3v) is 4.33. The zero-order valence-corrected chi connectivity index (χ0v) is 15.6. The zero-order chi connectivity index (χ0) is 20.1. The Morgan fingerprint density at radius 2 is 1.89 bits per heavy atom. The molecule has 1 aromatic heterocycles. The van der Waals surface area contributed by atoms with Crippen molar-refractivity contribution >= 4 is 17.5 Å². The number of furan rings is 1. The van der Waals surface area contributed by atoms with Gasteiger partial charge in [-0.1, -0.05) is 18.2 Å². The molecule has 2 aromatic carbocycles. The average molecular weight is 373 g/mol. The Balaban J connectivity index is 1.74. The molecule has 0 aliphatic carbocycles. The average Bonchev–Trinajstić information content (AvgIpc) is 3.24. The van der Waals surface area contributed by atoms with E-state index in [1.54, 1.807) is 54.4 Å². The van der Waals surface area contributed by atoms with Crippen molar-refractivity contribution in [2.24, 2.45) is 0 Å². The lowest BCUT2D eigenvalue weighted by molar-refractivity contribution is 0.0784. The number of aryl methyl sites for hydroxylation is 1. The smallest absolute Gasteiger partial charge is 0.291 e. The van der Waals surface area contributed by atoms with E-state index in [0.717, 1.165) is 11.1 Å². The minimum Gasteiger partial charge on any atom is -0.459 e. The van der Waals surface area contributed by atoms with Crippen molar-refractivity contribution in [1.29, 1.82) is 5.26 Å².